The van der Waals surface area contributed by atoms with Gasteiger partial charge in [-0.2, -0.15) is 0 Å². The van der Waals surface area contributed by atoms with Crippen molar-refractivity contribution in [3.63, 3.8) is 0 Å². The second-order valence-corrected chi connectivity index (χ2v) is 5.57. The van der Waals surface area contributed by atoms with Crippen molar-refractivity contribution in [2.75, 3.05) is 39.8 Å². The van der Waals surface area contributed by atoms with E-state index in [0.29, 0.717) is 0 Å². The third-order valence-electron chi connectivity index (χ3n) is 3.53. The molecule has 0 saturated carbocycles. The van der Waals surface area contributed by atoms with Gasteiger partial charge < -0.3 is 10.6 Å². The highest BCUT2D eigenvalue weighted by Gasteiger charge is 2.16. The fourth-order valence-corrected chi connectivity index (χ4v) is 2.59. The van der Waals surface area contributed by atoms with Crippen LogP contribution in [0.5, 0.6) is 0 Å². The van der Waals surface area contributed by atoms with Crippen molar-refractivity contribution >= 4 is 11.6 Å². The van der Waals surface area contributed by atoms with Gasteiger partial charge in [-0.25, -0.2) is 0 Å². The fraction of sp³-hybridized carbons (Fsp3) is 0.571. The third-order valence-corrected chi connectivity index (χ3v) is 3.90. The summed E-state index contributed by atoms with van der Waals surface area (Å²) in [5.74, 6) is 0. The molecule has 1 fully saturated rings. The summed E-state index contributed by atoms with van der Waals surface area (Å²) in [5.41, 5.74) is 7.38. The van der Waals surface area contributed by atoms with Crippen LogP contribution in [0.3, 0.4) is 0 Å². The molecule has 1 aliphatic rings. The van der Waals surface area contributed by atoms with Crippen LogP contribution in [0.2, 0.25) is 5.02 Å². The van der Waals surface area contributed by atoms with E-state index in [-0.39, 0.29) is 6.04 Å². The highest BCUT2D eigenvalue weighted by atomic mass is 35.5. The normalized spacial score (nSPS) is 19.9. The van der Waals surface area contributed by atoms with E-state index in [4.69, 9.17) is 17.3 Å². The van der Waals surface area contributed by atoms with Gasteiger partial charge in [-0.1, -0.05) is 29.8 Å². The lowest BCUT2D eigenvalue weighted by molar-refractivity contribution is 0.147. The van der Waals surface area contributed by atoms with E-state index in [1.165, 1.54) is 0 Å². The maximum absolute atomic E-state index is 6.23. The Labute approximate surface area is 115 Å². The lowest BCUT2D eigenvalue weighted by atomic mass is 10.1. The zero-order chi connectivity index (χ0) is 13.0. The number of piperazine rings is 1. The van der Waals surface area contributed by atoms with E-state index in [2.05, 4.69) is 22.9 Å². The number of hydrogen-bond donors (Lipinski definition) is 1. The molecular weight excluding hydrogens is 246 g/mol. The molecule has 100 valence electrons. The molecule has 1 saturated heterocycles. The summed E-state index contributed by atoms with van der Waals surface area (Å²) in [6.45, 7) is 5.47. The zero-order valence-electron chi connectivity index (χ0n) is 11.0. The number of halogens is 1. The van der Waals surface area contributed by atoms with Crippen LogP contribution in [0.15, 0.2) is 24.3 Å². The van der Waals surface area contributed by atoms with E-state index in [1.54, 1.807) is 0 Å². The predicted octanol–water partition coefficient (Wildman–Crippen LogP) is 1.46. The first-order chi connectivity index (χ1) is 8.65. The molecule has 1 aromatic carbocycles. The monoisotopic (exact) mass is 267 g/mol. The van der Waals surface area contributed by atoms with Gasteiger partial charge in [-0.15, -0.1) is 0 Å². The third kappa shape index (κ3) is 3.95. The molecule has 18 heavy (non-hydrogen) atoms. The van der Waals surface area contributed by atoms with Crippen molar-refractivity contribution in [2.24, 2.45) is 5.73 Å². The number of hydrogen-bond acceptors (Lipinski definition) is 3. The van der Waals surface area contributed by atoms with Crippen LogP contribution < -0.4 is 5.73 Å². The predicted molar refractivity (Wildman–Crippen MR) is 77.1 cm³/mol. The average molecular weight is 268 g/mol. The first kappa shape index (κ1) is 13.8. The molecule has 3 nitrogen and oxygen atoms in total. The summed E-state index contributed by atoms with van der Waals surface area (Å²) in [6.07, 6.45) is 0.853. The Morgan fingerprint density at radius 2 is 1.89 bits per heavy atom. The number of benzene rings is 1. The molecule has 1 aromatic rings. The molecule has 2 N–H and O–H groups in total. The van der Waals surface area contributed by atoms with Gasteiger partial charge in [-0.05, 0) is 25.1 Å². The van der Waals surface area contributed by atoms with Gasteiger partial charge in [0.05, 0.1) is 0 Å². The minimum Gasteiger partial charge on any atom is -0.326 e. The van der Waals surface area contributed by atoms with E-state index < -0.39 is 0 Å². The van der Waals surface area contributed by atoms with Gasteiger partial charge in [-0.3, -0.25) is 4.90 Å². The van der Waals surface area contributed by atoms with Gasteiger partial charge in [0.1, 0.15) is 0 Å². The number of nitrogens with two attached hydrogens (primary N) is 1. The van der Waals surface area contributed by atoms with Crippen molar-refractivity contribution in [1.29, 1.82) is 0 Å². The largest absolute Gasteiger partial charge is 0.326 e. The maximum Gasteiger partial charge on any atom is 0.0438 e. The maximum atomic E-state index is 6.23. The van der Waals surface area contributed by atoms with E-state index in [1.807, 2.05) is 18.2 Å². The standard InChI is InChI=1S/C14H22ClN3/c1-17-6-8-18(9-7-17)11-13(16)10-12-4-2-3-5-14(12)15/h2-5,13H,6-11,16H2,1H3. The molecule has 1 unspecified atom stereocenters. The molecule has 1 aliphatic heterocycles. The summed E-state index contributed by atoms with van der Waals surface area (Å²) in [6, 6.07) is 8.13. The van der Waals surface area contributed by atoms with Crippen LogP contribution in [0.25, 0.3) is 0 Å². The number of likely N-dealkylation sites (N-methyl/N-ethyl adjacent to an activating group) is 1. The summed E-state index contributed by atoms with van der Waals surface area (Å²) in [7, 11) is 2.17. The summed E-state index contributed by atoms with van der Waals surface area (Å²) in [4.78, 5) is 4.80. The van der Waals surface area contributed by atoms with Crippen LogP contribution in [0.1, 0.15) is 5.56 Å². The van der Waals surface area contributed by atoms with E-state index in [9.17, 15) is 0 Å². The second kappa shape index (κ2) is 6.53. The van der Waals surface area contributed by atoms with Crippen LogP contribution in [-0.4, -0.2) is 55.6 Å². The van der Waals surface area contributed by atoms with Gasteiger partial charge in [0, 0.05) is 43.8 Å². The Morgan fingerprint density at radius 3 is 2.56 bits per heavy atom. The Hall–Kier alpha value is -0.610. The highest BCUT2D eigenvalue weighted by Crippen LogP contribution is 2.16. The minimum absolute atomic E-state index is 0.160. The first-order valence-electron chi connectivity index (χ1n) is 6.55. The molecule has 0 bridgehead atoms. The van der Waals surface area contributed by atoms with Crippen LogP contribution in [0, 0.1) is 0 Å². The van der Waals surface area contributed by atoms with Crippen molar-refractivity contribution in [3.8, 4) is 0 Å². The van der Waals surface area contributed by atoms with Crippen LogP contribution in [0.4, 0.5) is 0 Å². The highest BCUT2D eigenvalue weighted by molar-refractivity contribution is 6.31. The summed E-state index contributed by atoms with van der Waals surface area (Å²) in [5, 5.41) is 0.825. The lowest BCUT2D eigenvalue weighted by Gasteiger charge is -2.33. The second-order valence-electron chi connectivity index (χ2n) is 5.16. The summed E-state index contributed by atoms with van der Waals surface area (Å²) >= 11 is 6.15. The van der Waals surface area contributed by atoms with Crippen molar-refractivity contribution < 1.29 is 0 Å². The molecular formula is C14H22ClN3. The topological polar surface area (TPSA) is 32.5 Å². The Kier molecular flexibility index (Phi) is 5.01. The van der Waals surface area contributed by atoms with Gasteiger partial charge >= 0.3 is 0 Å². The fourth-order valence-electron chi connectivity index (χ4n) is 2.37. The van der Waals surface area contributed by atoms with Crippen molar-refractivity contribution in [2.45, 2.75) is 12.5 Å². The van der Waals surface area contributed by atoms with Gasteiger partial charge in [0.2, 0.25) is 0 Å². The smallest absolute Gasteiger partial charge is 0.0438 e. The molecule has 0 aliphatic carbocycles. The molecule has 0 spiro atoms. The minimum atomic E-state index is 0.160. The molecule has 4 heteroatoms. The van der Waals surface area contributed by atoms with Crippen LogP contribution >= 0.6 is 11.6 Å². The molecule has 1 heterocycles. The lowest BCUT2D eigenvalue weighted by Crippen LogP contribution is -2.49. The number of rotatable bonds is 4. The summed E-state index contributed by atoms with van der Waals surface area (Å²) < 4.78 is 0. The zero-order valence-corrected chi connectivity index (χ0v) is 11.7. The van der Waals surface area contributed by atoms with Crippen molar-refractivity contribution in [3.05, 3.63) is 34.9 Å². The van der Waals surface area contributed by atoms with E-state index in [0.717, 1.165) is 49.7 Å². The molecule has 2 rings (SSSR count). The van der Waals surface area contributed by atoms with Gasteiger partial charge in [0.15, 0.2) is 0 Å². The average Bonchev–Trinajstić information content (AvgIpc) is 2.35. The first-order valence-corrected chi connectivity index (χ1v) is 6.93. The van der Waals surface area contributed by atoms with Crippen LogP contribution in [-0.2, 0) is 6.42 Å². The molecule has 1 atom stereocenters. The van der Waals surface area contributed by atoms with Crippen molar-refractivity contribution in [1.82, 2.24) is 9.80 Å². The quantitative estimate of drug-likeness (QED) is 0.897. The molecule has 0 amide bonds. The Morgan fingerprint density at radius 1 is 1.22 bits per heavy atom. The molecule has 0 radical (unpaired) electrons. The molecule has 0 aromatic heterocycles. The SMILES string of the molecule is CN1CCN(CC(N)Cc2ccccc2Cl)CC1. The number of nitrogens with zero attached hydrogens (tertiary/aromatic N) is 2. The van der Waals surface area contributed by atoms with Gasteiger partial charge in [0.25, 0.3) is 0 Å². The van der Waals surface area contributed by atoms with E-state index >= 15 is 0 Å². The Bertz CT molecular complexity index is 375. The Balaban J connectivity index is 1.82.